The summed E-state index contributed by atoms with van der Waals surface area (Å²) < 4.78 is 5.34. The summed E-state index contributed by atoms with van der Waals surface area (Å²) in [4.78, 5) is 24.0. The fourth-order valence-electron chi connectivity index (χ4n) is 3.45. The highest BCUT2D eigenvalue weighted by Gasteiger charge is 2.28. The van der Waals surface area contributed by atoms with Gasteiger partial charge in [-0.2, -0.15) is 0 Å². The molecule has 0 bridgehead atoms. The van der Waals surface area contributed by atoms with Gasteiger partial charge in [0.1, 0.15) is 6.33 Å². The molecular weight excluding hydrogens is 336 g/mol. The lowest BCUT2D eigenvalue weighted by molar-refractivity contribution is -0.383. The number of anilines is 2. The average molecular weight is 364 g/mol. The summed E-state index contributed by atoms with van der Waals surface area (Å²) in [7, 11) is 0. The van der Waals surface area contributed by atoms with Gasteiger partial charge in [0.05, 0.1) is 18.1 Å². The first-order valence-corrected chi connectivity index (χ1v) is 9.43. The standard InChI is InChI=1S/C17H28N6O3/c1-14-3-7-22(8-4-14)17-15(23(24)25)16(19-13-20-17)18-5-2-6-21-9-11-26-12-10-21/h13-14H,2-12H2,1H3,(H,18,19,20). The van der Waals surface area contributed by atoms with E-state index in [1.807, 2.05) is 4.90 Å². The van der Waals surface area contributed by atoms with Gasteiger partial charge in [-0.3, -0.25) is 15.0 Å². The minimum atomic E-state index is -0.363. The van der Waals surface area contributed by atoms with Crippen LogP contribution < -0.4 is 10.2 Å². The molecule has 9 nitrogen and oxygen atoms in total. The van der Waals surface area contributed by atoms with Crippen molar-refractivity contribution in [2.45, 2.75) is 26.2 Å². The van der Waals surface area contributed by atoms with E-state index in [1.165, 1.54) is 6.33 Å². The first kappa shape index (κ1) is 18.8. The summed E-state index contributed by atoms with van der Waals surface area (Å²) >= 11 is 0. The van der Waals surface area contributed by atoms with E-state index in [0.29, 0.717) is 24.1 Å². The zero-order valence-electron chi connectivity index (χ0n) is 15.4. The summed E-state index contributed by atoms with van der Waals surface area (Å²) in [5, 5.41) is 14.8. The Kier molecular flexibility index (Phi) is 6.56. The van der Waals surface area contributed by atoms with Crippen molar-refractivity contribution in [3.63, 3.8) is 0 Å². The first-order valence-electron chi connectivity index (χ1n) is 9.43. The first-order chi connectivity index (χ1) is 12.6. The molecule has 0 saturated carbocycles. The lowest BCUT2D eigenvalue weighted by Gasteiger charge is -2.30. The van der Waals surface area contributed by atoms with Gasteiger partial charge in [-0.1, -0.05) is 6.92 Å². The van der Waals surface area contributed by atoms with Crippen LogP contribution in [0.2, 0.25) is 0 Å². The van der Waals surface area contributed by atoms with E-state index in [9.17, 15) is 10.1 Å². The van der Waals surface area contributed by atoms with Crippen molar-refractivity contribution in [3.05, 3.63) is 16.4 Å². The normalized spacial score (nSPS) is 19.5. The Morgan fingerprint density at radius 3 is 2.69 bits per heavy atom. The van der Waals surface area contributed by atoms with Crippen LogP contribution in [0.1, 0.15) is 26.2 Å². The second-order valence-corrected chi connectivity index (χ2v) is 7.06. The van der Waals surface area contributed by atoms with Crippen molar-refractivity contribution in [1.82, 2.24) is 14.9 Å². The lowest BCUT2D eigenvalue weighted by atomic mass is 9.99. The van der Waals surface area contributed by atoms with E-state index >= 15 is 0 Å². The molecule has 0 aliphatic carbocycles. The van der Waals surface area contributed by atoms with Crippen LogP contribution in [0.4, 0.5) is 17.3 Å². The minimum absolute atomic E-state index is 0.00609. The minimum Gasteiger partial charge on any atom is -0.379 e. The van der Waals surface area contributed by atoms with Crippen LogP contribution in [0.15, 0.2) is 6.33 Å². The number of nitrogens with zero attached hydrogens (tertiary/aromatic N) is 5. The molecule has 0 spiro atoms. The molecule has 3 heterocycles. The number of nitro groups is 1. The predicted molar refractivity (Wildman–Crippen MR) is 99.7 cm³/mol. The van der Waals surface area contributed by atoms with Crippen LogP contribution >= 0.6 is 0 Å². The Hall–Kier alpha value is -2.00. The largest absolute Gasteiger partial charge is 0.379 e. The second-order valence-electron chi connectivity index (χ2n) is 7.06. The Morgan fingerprint density at radius 2 is 2.00 bits per heavy atom. The highest BCUT2D eigenvalue weighted by Crippen LogP contribution is 2.33. The van der Waals surface area contributed by atoms with Crippen molar-refractivity contribution in [3.8, 4) is 0 Å². The molecule has 1 aromatic heterocycles. The van der Waals surface area contributed by atoms with Gasteiger partial charge in [0.15, 0.2) is 0 Å². The van der Waals surface area contributed by atoms with E-state index in [4.69, 9.17) is 4.74 Å². The van der Waals surface area contributed by atoms with Crippen LogP contribution in [0.5, 0.6) is 0 Å². The third kappa shape index (κ3) is 4.79. The summed E-state index contributed by atoms with van der Waals surface area (Å²) in [6.07, 6.45) is 4.38. The van der Waals surface area contributed by atoms with Crippen molar-refractivity contribution in [2.75, 3.05) is 62.7 Å². The Balaban J connectivity index is 1.61. The van der Waals surface area contributed by atoms with Crippen LogP contribution in [0.25, 0.3) is 0 Å². The number of hydrogen-bond donors (Lipinski definition) is 1. The number of aromatic nitrogens is 2. The van der Waals surface area contributed by atoms with Gasteiger partial charge >= 0.3 is 5.69 Å². The molecule has 2 fully saturated rings. The summed E-state index contributed by atoms with van der Waals surface area (Å²) in [6.45, 7) is 8.87. The number of piperidine rings is 1. The molecule has 0 aromatic carbocycles. The van der Waals surface area contributed by atoms with Crippen molar-refractivity contribution in [1.29, 1.82) is 0 Å². The maximum absolute atomic E-state index is 11.7. The highest BCUT2D eigenvalue weighted by atomic mass is 16.6. The number of rotatable bonds is 7. The topological polar surface area (TPSA) is 96.7 Å². The third-order valence-corrected chi connectivity index (χ3v) is 5.12. The van der Waals surface area contributed by atoms with E-state index < -0.39 is 0 Å². The molecule has 0 unspecified atom stereocenters. The average Bonchev–Trinajstić information content (AvgIpc) is 2.66. The zero-order chi connectivity index (χ0) is 18.4. The molecule has 26 heavy (non-hydrogen) atoms. The predicted octanol–water partition coefficient (Wildman–Crippen LogP) is 1.76. The molecule has 0 radical (unpaired) electrons. The quantitative estimate of drug-likeness (QED) is 0.444. The Bertz CT molecular complexity index is 600. The van der Waals surface area contributed by atoms with Crippen molar-refractivity contribution >= 4 is 17.3 Å². The SMILES string of the molecule is CC1CCN(c2ncnc(NCCCN3CCOCC3)c2[N+](=O)[O-])CC1. The second kappa shape index (κ2) is 9.09. The number of nitrogens with one attached hydrogen (secondary N) is 1. The van der Waals surface area contributed by atoms with Crippen molar-refractivity contribution in [2.24, 2.45) is 5.92 Å². The van der Waals surface area contributed by atoms with Gasteiger partial charge < -0.3 is 15.0 Å². The van der Waals surface area contributed by atoms with Crippen molar-refractivity contribution < 1.29 is 9.66 Å². The molecule has 0 amide bonds. The summed E-state index contributed by atoms with van der Waals surface area (Å²) in [5.74, 6) is 1.41. The molecule has 144 valence electrons. The number of ether oxygens (including phenoxy) is 1. The fraction of sp³-hybridized carbons (Fsp3) is 0.765. The molecular formula is C17H28N6O3. The zero-order valence-corrected chi connectivity index (χ0v) is 15.4. The maximum atomic E-state index is 11.7. The maximum Gasteiger partial charge on any atom is 0.353 e. The molecule has 1 aromatic rings. The molecule has 0 atom stereocenters. The van der Waals surface area contributed by atoms with Crippen LogP contribution in [0, 0.1) is 16.0 Å². The highest BCUT2D eigenvalue weighted by molar-refractivity contribution is 5.70. The van der Waals surface area contributed by atoms with Crippen LogP contribution in [0.3, 0.4) is 0 Å². The third-order valence-electron chi connectivity index (χ3n) is 5.12. The van der Waals surface area contributed by atoms with Gasteiger partial charge in [0.2, 0.25) is 11.6 Å². The molecule has 2 aliphatic rings. The smallest absolute Gasteiger partial charge is 0.353 e. The van der Waals surface area contributed by atoms with Gasteiger partial charge in [0.25, 0.3) is 0 Å². The summed E-state index contributed by atoms with van der Waals surface area (Å²) in [5.41, 5.74) is -0.00609. The van der Waals surface area contributed by atoms with Gasteiger partial charge in [-0.15, -0.1) is 0 Å². The lowest BCUT2D eigenvalue weighted by Crippen LogP contribution is -2.37. The van der Waals surface area contributed by atoms with E-state index in [-0.39, 0.29) is 10.6 Å². The summed E-state index contributed by atoms with van der Waals surface area (Å²) in [6, 6.07) is 0. The Labute approximate surface area is 153 Å². The molecule has 9 heteroatoms. The van der Waals surface area contributed by atoms with Gasteiger partial charge in [-0.25, -0.2) is 9.97 Å². The van der Waals surface area contributed by atoms with E-state index in [0.717, 1.165) is 65.2 Å². The van der Waals surface area contributed by atoms with E-state index in [2.05, 4.69) is 27.1 Å². The van der Waals surface area contributed by atoms with Crippen LogP contribution in [-0.4, -0.2) is 72.3 Å². The van der Waals surface area contributed by atoms with Gasteiger partial charge in [0, 0.05) is 32.7 Å². The Morgan fingerprint density at radius 1 is 1.27 bits per heavy atom. The number of morpholine rings is 1. The van der Waals surface area contributed by atoms with Gasteiger partial charge in [-0.05, 0) is 31.7 Å². The van der Waals surface area contributed by atoms with Crippen LogP contribution in [-0.2, 0) is 4.74 Å². The molecule has 2 saturated heterocycles. The molecule has 3 rings (SSSR count). The molecule has 1 N–H and O–H groups in total. The molecule has 2 aliphatic heterocycles. The number of hydrogen-bond acceptors (Lipinski definition) is 8. The fourth-order valence-corrected chi connectivity index (χ4v) is 3.45. The van der Waals surface area contributed by atoms with E-state index in [1.54, 1.807) is 0 Å². The monoisotopic (exact) mass is 364 g/mol.